The van der Waals surface area contributed by atoms with Gasteiger partial charge in [-0.15, -0.1) is 11.3 Å². The molecule has 0 radical (unpaired) electrons. The summed E-state index contributed by atoms with van der Waals surface area (Å²) in [6.07, 6.45) is 0. The molecule has 0 bridgehead atoms. The van der Waals surface area contributed by atoms with Gasteiger partial charge in [0, 0.05) is 15.7 Å². The number of nitrogens with one attached hydrogen (secondary N) is 1. The van der Waals surface area contributed by atoms with E-state index in [1.807, 2.05) is 5.38 Å². The van der Waals surface area contributed by atoms with Gasteiger partial charge in [0.05, 0.1) is 23.6 Å². The largest absolute Gasteiger partial charge is 0.462 e. The highest BCUT2D eigenvalue weighted by atomic mass is 35.5. The lowest BCUT2D eigenvalue weighted by atomic mass is 10.1. The highest BCUT2D eigenvalue weighted by Gasteiger charge is 2.19. The second-order valence-electron chi connectivity index (χ2n) is 6.33. The fraction of sp³-hybridized carbons (Fsp3) is 0.136. The van der Waals surface area contributed by atoms with E-state index in [0.29, 0.717) is 32.8 Å². The normalized spacial score (nSPS) is 10.4. The summed E-state index contributed by atoms with van der Waals surface area (Å²) in [5.74, 6) is -0.703. The number of halogens is 2. The monoisotopic (exact) mass is 492 g/mol. The Kier molecular flexibility index (Phi) is 8.03. The number of ether oxygens (including phenoxy) is 1. The summed E-state index contributed by atoms with van der Waals surface area (Å²) in [6.45, 7) is 2.33. The Labute approximate surface area is 199 Å². The van der Waals surface area contributed by atoms with Crippen LogP contribution < -0.4 is 10.2 Å². The van der Waals surface area contributed by atoms with Gasteiger partial charge in [0.1, 0.15) is 0 Å². The lowest BCUT2D eigenvalue weighted by Crippen LogP contribution is -2.42. The fourth-order valence-electron chi connectivity index (χ4n) is 2.73. The molecule has 0 aliphatic rings. The standard InChI is InChI=1S/C22H18Cl2N2O3S2/c1-2-29-21(28)14-6-9-17(10-7-14)26(13-15-5-8-16(23)12-18(15)24)22(30)25-20(27)19-4-3-11-31-19/h3-12H,2,13H2,1H3,(H,25,27,30). The molecule has 1 N–H and O–H groups in total. The zero-order chi connectivity index (χ0) is 22.4. The van der Waals surface area contributed by atoms with Crippen LogP contribution in [0, 0.1) is 0 Å². The van der Waals surface area contributed by atoms with Crippen LogP contribution in [0.3, 0.4) is 0 Å². The zero-order valence-electron chi connectivity index (χ0n) is 16.4. The van der Waals surface area contributed by atoms with Gasteiger partial charge < -0.3 is 9.64 Å². The molecule has 0 fully saturated rings. The maximum Gasteiger partial charge on any atom is 0.338 e. The van der Waals surface area contributed by atoms with Crippen molar-refractivity contribution in [2.24, 2.45) is 0 Å². The maximum atomic E-state index is 12.5. The van der Waals surface area contributed by atoms with Crippen LogP contribution >= 0.6 is 46.8 Å². The Morgan fingerprint density at radius 1 is 1.13 bits per heavy atom. The molecule has 0 saturated heterocycles. The Morgan fingerprint density at radius 2 is 1.87 bits per heavy atom. The van der Waals surface area contributed by atoms with E-state index >= 15 is 0 Å². The van der Waals surface area contributed by atoms with Crippen LogP contribution in [0.4, 0.5) is 5.69 Å². The number of nitrogens with zero attached hydrogens (tertiary/aromatic N) is 1. The van der Waals surface area contributed by atoms with Gasteiger partial charge in [-0.2, -0.15) is 0 Å². The molecule has 1 aromatic heterocycles. The van der Waals surface area contributed by atoms with Gasteiger partial charge in [0.25, 0.3) is 5.91 Å². The molecule has 9 heteroatoms. The molecule has 0 atom stereocenters. The summed E-state index contributed by atoms with van der Waals surface area (Å²) in [4.78, 5) is 26.7. The first-order chi connectivity index (χ1) is 14.9. The van der Waals surface area contributed by atoms with Crippen LogP contribution in [0.1, 0.15) is 32.5 Å². The van der Waals surface area contributed by atoms with Gasteiger partial charge in [-0.1, -0.05) is 35.3 Å². The first-order valence-electron chi connectivity index (χ1n) is 9.26. The predicted molar refractivity (Wildman–Crippen MR) is 129 cm³/mol. The van der Waals surface area contributed by atoms with Gasteiger partial charge in [-0.25, -0.2) is 4.79 Å². The van der Waals surface area contributed by atoms with Crippen molar-refractivity contribution in [3.63, 3.8) is 0 Å². The molecule has 0 aliphatic carbocycles. The Bertz CT molecular complexity index is 1090. The first kappa shape index (κ1) is 23.2. The maximum absolute atomic E-state index is 12.5. The SMILES string of the molecule is CCOC(=O)c1ccc(N(Cc2ccc(Cl)cc2Cl)C(=S)NC(=O)c2cccs2)cc1. The van der Waals surface area contributed by atoms with E-state index in [9.17, 15) is 9.59 Å². The molecular weight excluding hydrogens is 475 g/mol. The van der Waals surface area contributed by atoms with Crippen LogP contribution in [-0.4, -0.2) is 23.6 Å². The highest BCUT2D eigenvalue weighted by molar-refractivity contribution is 7.80. The number of carbonyl (C=O) groups is 2. The van der Waals surface area contributed by atoms with E-state index in [-0.39, 0.29) is 17.6 Å². The highest BCUT2D eigenvalue weighted by Crippen LogP contribution is 2.25. The number of carbonyl (C=O) groups excluding carboxylic acids is 2. The third-order valence-corrected chi connectivity index (χ3v) is 6.02. The molecule has 1 amide bonds. The first-order valence-corrected chi connectivity index (χ1v) is 11.3. The van der Waals surface area contributed by atoms with E-state index in [1.165, 1.54) is 11.3 Å². The Hall–Kier alpha value is -2.45. The zero-order valence-corrected chi connectivity index (χ0v) is 19.6. The smallest absolute Gasteiger partial charge is 0.338 e. The van der Waals surface area contributed by atoms with Crippen molar-refractivity contribution >= 4 is 69.4 Å². The molecule has 0 spiro atoms. The van der Waals surface area contributed by atoms with Crippen LogP contribution in [0.2, 0.25) is 10.0 Å². The van der Waals surface area contributed by atoms with E-state index in [1.54, 1.807) is 66.4 Å². The van der Waals surface area contributed by atoms with Crippen molar-refractivity contribution in [3.05, 3.63) is 86.0 Å². The average Bonchev–Trinajstić information content (AvgIpc) is 3.28. The summed E-state index contributed by atoms with van der Waals surface area (Å²) in [7, 11) is 0. The van der Waals surface area contributed by atoms with Gasteiger partial charge in [-0.05, 0) is 72.5 Å². The van der Waals surface area contributed by atoms with Crippen molar-refractivity contribution in [3.8, 4) is 0 Å². The van der Waals surface area contributed by atoms with E-state index in [2.05, 4.69) is 5.32 Å². The van der Waals surface area contributed by atoms with Crippen molar-refractivity contribution in [1.82, 2.24) is 5.32 Å². The summed E-state index contributed by atoms with van der Waals surface area (Å²) in [6, 6.07) is 15.5. The molecule has 0 aliphatic heterocycles. The number of benzene rings is 2. The number of thiocarbonyl (C=S) groups is 1. The lowest BCUT2D eigenvalue weighted by molar-refractivity contribution is 0.0526. The molecule has 3 aromatic rings. The second-order valence-corrected chi connectivity index (χ2v) is 8.50. The minimum atomic E-state index is -0.407. The van der Waals surface area contributed by atoms with Crippen LogP contribution in [0.15, 0.2) is 60.0 Å². The number of amides is 1. The second kappa shape index (κ2) is 10.7. The number of thiophene rings is 1. The third kappa shape index (κ3) is 6.04. The molecular formula is C22H18Cl2N2O3S2. The number of hydrogen-bond acceptors (Lipinski definition) is 5. The van der Waals surface area contributed by atoms with E-state index in [4.69, 9.17) is 40.2 Å². The lowest BCUT2D eigenvalue weighted by Gasteiger charge is -2.26. The van der Waals surface area contributed by atoms with Gasteiger partial charge in [0.2, 0.25) is 0 Å². The predicted octanol–water partition coefficient (Wildman–Crippen LogP) is 5.95. The molecule has 3 rings (SSSR count). The van der Waals surface area contributed by atoms with Gasteiger partial charge in [-0.3, -0.25) is 10.1 Å². The molecule has 2 aromatic carbocycles. The Balaban J connectivity index is 1.88. The minimum Gasteiger partial charge on any atom is -0.462 e. The quantitative estimate of drug-likeness (QED) is 0.340. The van der Waals surface area contributed by atoms with Crippen molar-refractivity contribution < 1.29 is 14.3 Å². The van der Waals surface area contributed by atoms with E-state index in [0.717, 1.165) is 5.56 Å². The molecule has 5 nitrogen and oxygen atoms in total. The van der Waals surface area contributed by atoms with Gasteiger partial charge >= 0.3 is 5.97 Å². The number of anilines is 1. The van der Waals surface area contributed by atoms with Gasteiger partial charge in [0.15, 0.2) is 5.11 Å². The third-order valence-electron chi connectivity index (χ3n) is 4.24. The molecule has 0 saturated carbocycles. The number of rotatable bonds is 6. The van der Waals surface area contributed by atoms with Crippen LogP contribution in [0.5, 0.6) is 0 Å². The number of hydrogen-bond donors (Lipinski definition) is 1. The average molecular weight is 493 g/mol. The van der Waals surface area contributed by atoms with Crippen molar-refractivity contribution in [2.75, 3.05) is 11.5 Å². The van der Waals surface area contributed by atoms with Crippen molar-refractivity contribution in [1.29, 1.82) is 0 Å². The van der Waals surface area contributed by atoms with Crippen LogP contribution in [-0.2, 0) is 11.3 Å². The van der Waals surface area contributed by atoms with Crippen LogP contribution in [0.25, 0.3) is 0 Å². The molecule has 0 unspecified atom stereocenters. The summed E-state index contributed by atoms with van der Waals surface area (Å²) >= 11 is 19.2. The minimum absolute atomic E-state index is 0.202. The molecule has 31 heavy (non-hydrogen) atoms. The van der Waals surface area contributed by atoms with Crippen molar-refractivity contribution in [2.45, 2.75) is 13.5 Å². The summed E-state index contributed by atoms with van der Waals surface area (Å²) in [5, 5.41) is 5.78. The number of esters is 1. The topological polar surface area (TPSA) is 58.6 Å². The fourth-order valence-corrected chi connectivity index (χ4v) is 4.08. The summed E-state index contributed by atoms with van der Waals surface area (Å²) in [5.41, 5.74) is 1.87. The molecule has 160 valence electrons. The van der Waals surface area contributed by atoms with E-state index < -0.39 is 5.97 Å². The summed E-state index contributed by atoms with van der Waals surface area (Å²) < 4.78 is 5.03. The molecule has 1 heterocycles. The Morgan fingerprint density at radius 3 is 2.48 bits per heavy atom.